The van der Waals surface area contributed by atoms with Gasteiger partial charge in [-0.3, -0.25) is 0 Å². The van der Waals surface area contributed by atoms with Crippen LogP contribution in [-0.2, 0) is 0 Å². The molecule has 0 amide bonds. The molecule has 206 valence electrons. The van der Waals surface area contributed by atoms with Gasteiger partial charge in [0.25, 0.3) is 0 Å². The molecule has 0 aromatic heterocycles. The van der Waals surface area contributed by atoms with E-state index in [1.807, 2.05) is 13.0 Å². The van der Waals surface area contributed by atoms with E-state index in [0.717, 1.165) is 64.1 Å². The molecule has 2 heteroatoms. The second-order valence-electron chi connectivity index (χ2n) is 10.4. The molecule has 0 saturated carbocycles. The lowest BCUT2D eigenvalue weighted by molar-refractivity contribution is 0.627. The minimum atomic E-state index is 0.333. The van der Waals surface area contributed by atoms with Crippen LogP contribution in [0.1, 0.15) is 92.5 Å². The summed E-state index contributed by atoms with van der Waals surface area (Å²) >= 11 is 6.17. The third-order valence-corrected chi connectivity index (χ3v) is 7.58. The van der Waals surface area contributed by atoms with Gasteiger partial charge in [0.2, 0.25) is 0 Å². The number of benzene rings is 2. The molecule has 0 heterocycles. The summed E-state index contributed by atoms with van der Waals surface area (Å²) in [5, 5.41) is 0. The molecule has 0 spiro atoms. The first-order valence-corrected chi connectivity index (χ1v) is 14.6. The van der Waals surface area contributed by atoms with Crippen LogP contribution in [0.3, 0.4) is 0 Å². The summed E-state index contributed by atoms with van der Waals surface area (Å²) in [6.07, 6.45) is 17.8. The largest absolute Gasteiger partial charge is 0.403 e. The molecule has 2 aromatic carbocycles. The van der Waals surface area contributed by atoms with Gasteiger partial charge in [0.15, 0.2) is 0 Å². The van der Waals surface area contributed by atoms with Gasteiger partial charge in [-0.15, -0.1) is 6.58 Å². The minimum Gasteiger partial charge on any atom is -0.403 e. The third-order valence-electron chi connectivity index (χ3n) is 7.13. The average molecular weight is 538 g/mol. The van der Waals surface area contributed by atoms with E-state index in [-0.39, 0.29) is 0 Å². The minimum absolute atomic E-state index is 0.333. The average Bonchev–Trinajstić information content (AvgIpc) is 2.91. The fourth-order valence-electron chi connectivity index (χ4n) is 4.73. The van der Waals surface area contributed by atoms with Crippen LogP contribution in [0.5, 0.6) is 0 Å². The second kappa shape index (κ2) is 16.7. The number of allylic oxidation sites excluding steroid dienone is 9. The Morgan fingerprint density at radius 1 is 1.03 bits per heavy atom. The fourth-order valence-corrected chi connectivity index (χ4v) is 5.07. The normalized spacial score (nSPS) is 12.9. The molecule has 2 aromatic rings. The molecular formula is C37H47NS. The van der Waals surface area contributed by atoms with Crippen LogP contribution in [-0.4, -0.2) is 4.86 Å². The Hall–Kier alpha value is -3.23. The quantitative estimate of drug-likeness (QED) is 0.0575. The van der Waals surface area contributed by atoms with Crippen molar-refractivity contribution < 1.29 is 0 Å². The Balaban J connectivity index is 2.37. The van der Waals surface area contributed by atoms with Crippen LogP contribution in [0.4, 0.5) is 0 Å². The van der Waals surface area contributed by atoms with Crippen LogP contribution >= 0.6 is 12.2 Å². The van der Waals surface area contributed by atoms with Crippen LogP contribution in [0.15, 0.2) is 109 Å². The molecule has 0 aliphatic rings. The summed E-state index contributed by atoms with van der Waals surface area (Å²) in [4.78, 5) is 0.839. The molecule has 0 aliphatic heterocycles. The van der Waals surface area contributed by atoms with Crippen LogP contribution in [0.25, 0.3) is 5.57 Å². The van der Waals surface area contributed by atoms with E-state index in [0.29, 0.717) is 5.92 Å². The highest BCUT2D eigenvalue weighted by atomic mass is 32.1. The highest BCUT2D eigenvalue weighted by Crippen LogP contribution is 2.32. The summed E-state index contributed by atoms with van der Waals surface area (Å²) in [7, 11) is 0. The van der Waals surface area contributed by atoms with E-state index in [1.165, 1.54) is 36.0 Å². The lowest BCUT2D eigenvalue weighted by Crippen LogP contribution is -2.08. The van der Waals surface area contributed by atoms with Crippen molar-refractivity contribution in [3.63, 3.8) is 0 Å². The molecule has 39 heavy (non-hydrogen) atoms. The van der Waals surface area contributed by atoms with Crippen molar-refractivity contribution in [2.75, 3.05) is 0 Å². The lowest BCUT2D eigenvalue weighted by atomic mass is 9.86. The molecule has 0 aliphatic carbocycles. The number of thiocarbonyl (C=S) groups is 1. The van der Waals surface area contributed by atoms with Gasteiger partial charge in [0.05, 0.1) is 4.86 Å². The summed E-state index contributed by atoms with van der Waals surface area (Å²) in [6, 6.07) is 15.0. The predicted octanol–water partition coefficient (Wildman–Crippen LogP) is 10.7. The Bertz CT molecular complexity index is 1250. The summed E-state index contributed by atoms with van der Waals surface area (Å²) in [5.41, 5.74) is 15.6. The van der Waals surface area contributed by atoms with Gasteiger partial charge in [0, 0.05) is 11.6 Å². The molecular weight excluding hydrogens is 490 g/mol. The Morgan fingerprint density at radius 3 is 2.44 bits per heavy atom. The third kappa shape index (κ3) is 10.1. The van der Waals surface area contributed by atoms with E-state index in [1.54, 1.807) is 0 Å². The van der Waals surface area contributed by atoms with Gasteiger partial charge < -0.3 is 5.73 Å². The molecule has 2 rings (SSSR count). The molecule has 1 nitrogen and oxygen atoms in total. The maximum atomic E-state index is 6.17. The predicted molar refractivity (Wildman–Crippen MR) is 178 cm³/mol. The summed E-state index contributed by atoms with van der Waals surface area (Å²) in [6.45, 7) is 21.4. The van der Waals surface area contributed by atoms with E-state index in [2.05, 4.69) is 107 Å². The highest BCUT2D eigenvalue weighted by molar-refractivity contribution is 7.81. The number of rotatable bonds is 16. The van der Waals surface area contributed by atoms with Crippen molar-refractivity contribution in [3.8, 4) is 0 Å². The van der Waals surface area contributed by atoms with Crippen molar-refractivity contribution in [2.45, 2.75) is 78.6 Å². The number of hydrogen-bond donors (Lipinski definition) is 1. The zero-order valence-electron chi connectivity index (χ0n) is 24.6. The Morgan fingerprint density at radius 2 is 1.77 bits per heavy atom. The molecule has 2 N–H and O–H groups in total. The van der Waals surface area contributed by atoms with Crippen molar-refractivity contribution in [1.82, 2.24) is 0 Å². The number of unbranched alkanes of at least 4 members (excludes halogenated alkanes) is 2. The van der Waals surface area contributed by atoms with Gasteiger partial charge in [-0.2, -0.15) is 0 Å². The first kappa shape index (κ1) is 32.0. The molecule has 0 bridgehead atoms. The molecule has 1 unspecified atom stereocenters. The Labute approximate surface area is 243 Å². The van der Waals surface area contributed by atoms with Gasteiger partial charge in [0.1, 0.15) is 0 Å². The Kier molecular flexibility index (Phi) is 13.7. The monoisotopic (exact) mass is 537 g/mol. The summed E-state index contributed by atoms with van der Waals surface area (Å²) < 4.78 is 0. The van der Waals surface area contributed by atoms with Gasteiger partial charge in [-0.05, 0) is 91.5 Å². The van der Waals surface area contributed by atoms with E-state index in [9.17, 15) is 0 Å². The van der Waals surface area contributed by atoms with Gasteiger partial charge >= 0.3 is 0 Å². The highest BCUT2D eigenvalue weighted by Gasteiger charge is 2.17. The lowest BCUT2D eigenvalue weighted by Gasteiger charge is -2.19. The first-order valence-electron chi connectivity index (χ1n) is 14.2. The van der Waals surface area contributed by atoms with Crippen LogP contribution in [0, 0.1) is 13.8 Å². The smallest absolute Gasteiger partial charge is 0.0524 e. The standard InChI is InChI=1S/C37H47NS/c1-8-10-11-21-32(9-2)36-26-33(25-24-29(36)5)37(39)35(31(7)34-22-15-13-19-28(34)4)23-16-18-27(3)17-12-14-20-30(6)38/h9,12-13,15,17,19-20,22-26,32H,2-3,7-8,10-11,14,16,18,21,38H2,1,4-6H3/b17-12-,30-20+,35-23+. The number of aryl methyl sites for hydroxylation is 2. The van der Waals surface area contributed by atoms with Crippen LogP contribution in [0.2, 0.25) is 0 Å². The maximum Gasteiger partial charge on any atom is 0.0524 e. The molecule has 1 atom stereocenters. The fraction of sp³-hybridized carbons (Fsp3) is 0.324. The van der Waals surface area contributed by atoms with Crippen molar-refractivity contribution in [2.24, 2.45) is 5.73 Å². The van der Waals surface area contributed by atoms with E-state index >= 15 is 0 Å². The molecule has 0 radical (unpaired) electrons. The molecule has 0 saturated heterocycles. The van der Waals surface area contributed by atoms with Crippen molar-refractivity contribution in [3.05, 3.63) is 137 Å². The van der Waals surface area contributed by atoms with Crippen molar-refractivity contribution in [1.29, 1.82) is 0 Å². The summed E-state index contributed by atoms with van der Waals surface area (Å²) in [5.74, 6) is 0.333. The first-order chi connectivity index (χ1) is 18.7. The van der Waals surface area contributed by atoms with Gasteiger partial charge in [-0.1, -0.05) is 124 Å². The van der Waals surface area contributed by atoms with Crippen LogP contribution < -0.4 is 5.73 Å². The maximum absolute atomic E-state index is 6.17. The second-order valence-corrected chi connectivity index (χ2v) is 10.8. The number of hydrogen-bond acceptors (Lipinski definition) is 2. The van der Waals surface area contributed by atoms with E-state index < -0.39 is 0 Å². The van der Waals surface area contributed by atoms with E-state index in [4.69, 9.17) is 18.0 Å². The zero-order valence-corrected chi connectivity index (χ0v) is 25.4. The molecule has 0 fully saturated rings. The zero-order chi connectivity index (χ0) is 28.8. The number of nitrogens with two attached hydrogens (primary N) is 1. The van der Waals surface area contributed by atoms with Crippen molar-refractivity contribution >= 4 is 22.7 Å². The van der Waals surface area contributed by atoms with Gasteiger partial charge in [-0.25, -0.2) is 0 Å². The topological polar surface area (TPSA) is 26.0 Å². The SMILES string of the molecule is C=CC(CCCCC)c1cc(C(=S)/C(=C/CCC(=C)/C=C\C/C=C(\C)N)C(=C)c2ccccc2C)ccc1C.